The van der Waals surface area contributed by atoms with E-state index in [1.807, 2.05) is 0 Å². The molecule has 0 aliphatic rings. The van der Waals surface area contributed by atoms with E-state index >= 15 is 0 Å². The molecule has 0 amide bonds. The summed E-state index contributed by atoms with van der Waals surface area (Å²) in [5, 5.41) is 3.13. The van der Waals surface area contributed by atoms with Gasteiger partial charge in [0, 0.05) is 17.6 Å². The lowest BCUT2D eigenvalue weighted by atomic mass is 10.3. The molecule has 0 unspecified atom stereocenters. The van der Waals surface area contributed by atoms with Crippen molar-refractivity contribution in [3.8, 4) is 5.75 Å². The van der Waals surface area contributed by atoms with E-state index in [0.717, 1.165) is 13.0 Å². The van der Waals surface area contributed by atoms with E-state index in [4.69, 9.17) is 4.74 Å². The maximum atomic E-state index is 12.1. The van der Waals surface area contributed by atoms with Crippen molar-refractivity contribution in [1.82, 2.24) is 10.0 Å². The van der Waals surface area contributed by atoms with E-state index < -0.39 is 10.0 Å². The van der Waals surface area contributed by atoms with Crippen LogP contribution in [0.3, 0.4) is 0 Å². The van der Waals surface area contributed by atoms with E-state index in [1.54, 1.807) is 12.1 Å². The maximum Gasteiger partial charge on any atom is 0.241 e. The fourth-order valence-electron chi connectivity index (χ4n) is 1.48. The largest absolute Gasteiger partial charge is 0.497 e. The van der Waals surface area contributed by atoms with Crippen molar-refractivity contribution < 1.29 is 13.2 Å². The van der Waals surface area contributed by atoms with E-state index in [-0.39, 0.29) is 4.90 Å². The van der Waals surface area contributed by atoms with Crippen LogP contribution in [-0.4, -0.2) is 35.2 Å². The van der Waals surface area contributed by atoms with Crippen LogP contribution in [0.2, 0.25) is 0 Å². The molecule has 2 N–H and O–H groups in total. The second-order valence-corrected chi connectivity index (χ2v) is 6.53. The van der Waals surface area contributed by atoms with Crippen LogP contribution in [0.25, 0.3) is 0 Å². The Kier molecular flexibility index (Phi) is 6.78. The quantitative estimate of drug-likeness (QED) is 0.700. The molecule has 1 rings (SSSR count). The summed E-state index contributed by atoms with van der Waals surface area (Å²) in [6.07, 6.45) is 1.02. The van der Waals surface area contributed by atoms with Crippen molar-refractivity contribution >= 4 is 26.0 Å². The van der Waals surface area contributed by atoms with Crippen molar-refractivity contribution in [3.63, 3.8) is 0 Å². The summed E-state index contributed by atoms with van der Waals surface area (Å²) in [5.74, 6) is 0.607. The van der Waals surface area contributed by atoms with Crippen molar-refractivity contribution in [1.29, 1.82) is 0 Å². The number of nitrogens with one attached hydrogen (secondary N) is 2. The molecular weight excluding hydrogens is 332 g/mol. The van der Waals surface area contributed by atoms with Gasteiger partial charge in [-0.25, -0.2) is 13.1 Å². The number of hydrogen-bond donors (Lipinski definition) is 2. The zero-order valence-corrected chi connectivity index (χ0v) is 13.5. The zero-order chi connectivity index (χ0) is 14.3. The third kappa shape index (κ3) is 5.10. The lowest BCUT2D eigenvalue weighted by Crippen LogP contribution is -2.32. The first kappa shape index (κ1) is 16.4. The molecule has 0 spiro atoms. The standard InChI is InChI=1S/C12H19BrN2O3S/c1-3-6-14-7-8-15-19(16,17)12-5-4-10(18-2)9-11(12)13/h4-5,9,14-15H,3,6-8H2,1-2H3. The molecule has 0 aliphatic heterocycles. The Morgan fingerprint density at radius 1 is 1.26 bits per heavy atom. The number of sulfonamides is 1. The van der Waals surface area contributed by atoms with E-state index in [2.05, 4.69) is 32.9 Å². The molecule has 7 heteroatoms. The molecule has 19 heavy (non-hydrogen) atoms. The topological polar surface area (TPSA) is 67.4 Å². The minimum absolute atomic E-state index is 0.212. The second-order valence-electron chi connectivity index (χ2n) is 3.94. The van der Waals surface area contributed by atoms with Crippen molar-refractivity contribution in [2.45, 2.75) is 18.2 Å². The SMILES string of the molecule is CCCNCCNS(=O)(=O)c1ccc(OC)cc1Br. The summed E-state index contributed by atoms with van der Waals surface area (Å²) in [7, 11) is -1.96. The molecule has 0 fully saturated rings. The first-order valence-electron chi connectivity index (χ1n) is 6.05. The summed E-state index contributed by atoms with van der Waals surface area (Å²) in [6, 6.07) is 4.77. The van der Waals surface area contributed by atoms with Crippen molar-refractivity contribution in [3.05, 3.63) is 22.7 Å². The van der Waals surface area contributed by atoms with Crippen LogP contribution in [0.1, 0.15) is 13.3 Å². The maximum absolute atomic E-state index is 12.1. The van der Waals surface area contributed by atoms with E-state index in [9.17, 15) is 8.42 Å². The van der Waals surface area contributed by atoms with Gasteiger partial charge in [-0.05, 0) is 47.1 Å². The monoisotopic (exact) mass is 350 g/mol. The van der Waals surface area contributed by atoms with Crippen LogP contribution in [0.4, 0.5) is 0 Å². The molecule has 5 nitrogen and oxygen atoms in total. The number of methoxy groups -OCH3 is 1. The third-order valence-electron chi connectivity index (χ3n) is 2.45. The number of benzene rings is 1. The van der Waals surface area contributed by atoms with Gasteiger partial charge in [-0.1, -0.05) is 6.92 Å². The molecular formula is C12H19BrN2O3S. The Morgan fingerprint density at radius 3 is 2.58 bits per heavy atom. The van der Waals surface area contributed by atoms with Gasteiger partial charge in [0.05, 0.1) is 12.0 Å². The van der Waals surface area contributed by atoms with Crippen LogP contribution >= 0.6 is 15.9 Å². The smallest absolute Gasteiger partial charge is 0.241 e. The third-order valence-corrected chi connectivity index (χ3v) is 4.89. The van der Waals surface area contributed by atoms with Crippen molar-refractivity contribution in [2.24, 2.45) is 0 Å². The molecule has 108 valence electrons. The molecule has 1 aromatic carbocycles. The van der Waals surface area contributed by atoms with Gasteiger partial charge in [-0.3, -0.25) is 0 Å². The average molecular weight is 351 g/mol. The molecule has 0 atom stereocenters. The van der Waals surface area contributed by atoms with Gasteiger partial charge in [0.25, 0.3) is 0 Å². The molecule has 0 saturated carbocycles. The van der Waals surface area contributed by atoms with Gasteiger partial charge in [0.1, 0.15) is 5.75 Å². The number of rotatable bonds is 8. The van der Waals surface area contributed by atoms with Crippen molar-refractivity contribution in [2.75, 3.05) is 26.7 Å². The van der Waals surface area contributed by atoms with Crippen LogP contribution in [0.15, 0.2) is 27.6 Å². The van der Waals surface area contributed by atoms with Crippen LogP contribution in [0.5, 0.6) is 5.75 Å². The second kappa shape index (κ2) is 7.84. The number of halogens is 1. The summed E-state index contributed by atoms with van der Waals surface area (Å²) in [4.78, 5) is 0.212. The van der Waals surface area contributed by atoms with E-state index in [0.29, 0.717) is 23.3 Å². The lowest BCUT2D eigenvalue weighted by Gasteiger charge is -2.10. The molecule has 0 bridgehead atoms. The van der Waals surface area contributed by atoms with Gasteiger partial charge in [-0.15, -0.1) is 0 Å². The highest BCUT2D eigenvalue weighted by Crippen LogP contribution is 2.26. The summed E-state index contributed by atoms with van der Waals surface area (Å²) in [5.41, 5.74) is 0. The minimum Gasteiger partial charge on any atom is -0.497 e. The van der Waals surface area contributed by atoms with Gasteiger partial charge in [0.15, 0.2) is 0 Å². The average Bonchev–Trinajstić information content (AvgIpc) is 2.37. The van der Waals surface area contributed by atoms with Crippen LogP contribution < -0.4 is 14.8 Å². The highest BCUT2D eigenvalue weighted by molar-refractivity contribution is 9.10. The van der Waals surface area contributed by atoms with Gasteiger partial charge >= 0.3 is 0 Å². The first-order chi connectivity index (χ1) is 9.01. The van der Waals surface area contributed by atoms with Gasteiger partial charge < -0.3 is 10.1 Å². The number of ether oxygens (including phenoxy) is 1. The highest BCUT2D eigenvalue weighted by Gasteiger charge is 2.17. The van der Waals surface area contributed by atoms with Gasteiger partial charge in [-0.2, -0.15) is 0 Å². The normalized spacial score (nSPS) is 11.5. The Balaban J connectivity index is 2.67. The van der Waals surface area contributed by atoms with Gasteiger partial charge in [0.2, 0.25) is 10.0 Å². The molecule has 0 saturated heterocycles. The molecule has 1 aromatic rings. The number of hydrogen-bond acceptors (Lipinski definition) is 4. The predicted octanol–water partition coefficient (Wildman–Crippen LogP) is 1.74. The molecule has 0 aromatic heterocycles. The fourth-order valence-corrected chi connectivity index (χ4v) is 3.57. The molecule has 0 aliphatic carbocycles. The lowest BCUT2D eigenvalue weighted by molar-refractivity contribution is 0.414. The fraction of sp³-hybridized carbons (Fsp3) is 0.500. The summed E-state index contributed by atoms with van der Waals surface area (Å²) < 4.78 is 32.2. The Bertz CT molecular complexity index is 506. The Labute approximate surface area is 122 Å². The van der Waals surface area contributed by atoms with E-state index in [1.165, 1.54) is 13.2 Å². The Hall–Kier alpha value is -0.630. The Morgan fingerprint density at radius 2 is 2.00 bits per heavy atom. The predicted molar refractivity (Wildman–Crippen MR) is 79.0 cm³/mol. The van der Waals surface area contributed by atoms with Crippen LogP contribution in [-0.2, 0) is 10.0 Å². The first-order valence-corrected chi connectivity index (χ1v) is 8.32. The highest BCUT2D eigenvalue weighted by atomic mass is 79.9. The molecule has 0 radical (unpaired) electrons. The summed E-state index contributed by atoms with van der Waals surface area (Å²) >= 11 is 3.24. The summed E-state index contributed by atoms with van der Waals surface area (Å²) in [6.45, 7) is 3.92. The van der Waals surface area contributed by atoms with Crippen LogP contribution in [0, 0.1) is 0 Å². The zero-order valence-electron chi connectivity index (χ0n) is 11.1. The molecule has 0 heterocycles. The minimum atomic E-state index is -3.50.